The maximum absolute atomic E-state index is 12.7. The number of carbonyl (C=O) groups excluding carboxylic acids is 1. The van der Waals surface area contributed by atoms with Gasteiger partial charge >= 0.3 is 0 Å². The summed E-state index contributed by atoms with van der Waals surface area (Å²) in [6, 6.07) is 18.8. The molecule has 0 unspecified atom stereocenters. The molecule has 2 aliphatic rings. The van der Waals surface area contributed by atoms with Crippen molar-refractivity contribution in [3.05, 3.63) is 71.5 Å². The lowest BCUT2D eigenvalue weighted by atomic mass is 10.0. The number of aryl methyl sites for hydroxylation is 1. The molecule has 0 atom stereocenters. The zero-order chi connectivity index (χ0) is 24.1. The number of benzene rings is 2. The van der Waals surface area contributed by atoms with Gasteiger partial charge in [-0.2, -0.15) is 0 Å². The summed E-state index contributed by atoms with van der Waals surface area (Å²) in [5, 5.41) is 9.90. The third-order valence-corrected chi connectivity index (χ3v) is 7.67. The van der Waals surface area contributed by atoms with Crippen LogP contribution in [0.25, 0.3) is 5.69 Å². The zero-order valence-electron chi connectivity index (χ0n) is 20.2. The monoisotopic (exact) mass is 492 g/mol. The van der Waals surface area contributed by atoms with Crippen LogP contribution in [-0.2, 0) is 20.7 Å². The van der Waals surface area contributed by atoms with E-state index in [0.29, 0.717) is 39.1 Å². The average Bonchev–Trinajstić information content (AvgIpc) is 3.50. The molecule has 3 aromatic rings. The lowest BCUT2D eigenvalue weighted by molar-refractivity contribution is -0.187. The Morgan fingerprint density at radius 2 is 1.71 bits per heavy atom. The second-order valence-corrected chi connectivity index (χ2v) is 10.2. The Hall–Kier alpha value is -2.68. The number of likely N-dealkylation sites (tertiary alicyclic amines) is 1. The van der Waals surface area contributed by atoms with E-state index >= 15 is 0 Å². The number of nitrogens with zero attached hydrogens (tertiary/aromatic N) is 4. The fourth-order valence-corrected chi connectivity index (χ4v) is 5.58. The van der Waals surface area contributed by atoms with Gasteiger partial charge in [0.05, 0.1) is 13.2 Å². The van der Waals surface area contributed by atoms with Gasteiger partial charge in [-0.15, -0.1) is 10.2 Å². The van der Waals surface area contributed by atoms with Crippen LogP contribution in [0.4, 0.5) is 0 Å². The molecule has 0 N–H and O–H groups in total. The van der Waals surface area contributed by atoms with Crippen LogP contribution in [0.2, 0.25) is 0 Å². The van der Waals surface area contributed by atoms with Crippen molar-refractivity contribution >= 4 is 17.7 Å². The molecule has 5 rings (SSSR count). The van der Waals surface area contributed by atoms with E-state index in [1.54, 1.807) is 11.8 Å². The van der Waals surface area contributed by atoms with E-state index in [1.165, 1.54) is 11.1 Å². The number of hydrogen-bond acceptors (Lipinski definition) is 6. The van der Waals surface area contributed by atoms with Crippen LogP contribution in [0.1, 0.15) is 42.6 Å². The second-order valence-electron chi connectivity index (χ2n) is 9.17. The first kappa shape index (κ1) is 24.0. The van der Waals surface area contributed by atoms with Gasteiger partial charge in [0, 0.05) is 50.2 Å². The van der Waals surface area contributed by atoms with Crippen molar-refractivity contribution in [1.82, 2.24) is 19.7 Å². The van der Waals surface area contributed by atoms with Gasteiger partial charge in [-0.05, 0) is 31.0 Å². The van der Waals surface area contributed by atoms with E-state index in [-0.39, 0.29) is 5.91 Å². The van der Waals surface area contributed by atoms with Crippen LogP contribution < -0.4 is 0 Å². The van der Waals surface area contributed by atoms with E-state index in [2.05, 4.69) is 58.1 Å². The van der Waals surface area contributed by atoms with Gasteiger partial charge in [0.25, 0.3) is 0 Å². The first-order valence-electron chi connectivity index (χ1n) is 12.4. The van der Waals surface area contributed by atoms with Crippen molar-refractivity contribution in [1.29, 1.82) is 0 Å². The van der Waals surface area contributed by atoms with Crippen molar-refractivity contribution in [2.24, 2.45) is 0 Å². The minimum Gasteiger partial charge on any atom is -0.347 e. The molecule has 35 heavy (non-hydrogen) atoms. The van der Waals surface area contributed by atoms with Gasteiger partial charge in [-0.3, -0.25) is 9.36 Å². The molecule has 2 fully saturated rings. The summed E-state index contributed by atoms with van der Waals surface area (Å²) < 4.78 is 13.7. The molecular weight excluding hydrogens is 460 g/mol. The molecule has 7 nitrogen and oxygen atoms in total. The number of hydrogen-bond donors (Lipinski definition) is 0. The normalized spacial score (nSPS) is 17.2. The lowest BCUT2D eigenvalue weighted by Crippen LogP contribution is -2.47. The summed E-state index contributed by atoms with van der Waals surface area (Å²) in [6.07, 6.45) is 3.57. The highest BCUT2D eigenvalue weighted by Gasteiger charge is 2.40. The summed E-state index contributed by atoms with van der Waals surface area (Å²) in [5.74, 6) is 1.50. The van der Waals surface area contributed by atoms with Crippen LogP contribution in [0.15, 0.2) is 59.8 Å². The highest BCUT2D eigenvalue weighted by molar-refractivity contribution is 7.99. The number of piperidine rings is 1. The second kappa shape index (κ2) is 10.9. The fraction of sp³-hybridized carbons (Fsp3) is 0.444. The molecule has 3 heterocycles. The van der Waals surface area contributed by atoms with E-state index in [0.717, 1.165) is 41.7 Å². The first-order valence-corrected chi connectivity index (χ1v) is 13.3. The van der Waals surface area contributed by atoms with E-state index in [1.807, 2.05) is 23.1 Å². The predicted octanol–water partition coefficient (Wildman–Crippen LogP) is 4.40. The third kappa shape index (κ3) is 5.77. The van der Waals surface area contributed by atoms with Crippen LogP contribution in [0.5, 0.6) is 0 Å². The zero-order valence-corrected chi connectivity index (χ0v) is 21.0. The van der Waals surface area contributed by atoms with Crippen molar-refractivity contribution in [3.63, 3.8) is 0 Å². The summed E-state index contributed by atoms with van der Waals surface area (Å²) >= 11 is 1.66. The minimum atomic E-state index is -0.440. The first-order chi connectivity index (χ1) is 17.1. The third-order valence-electron chi connectivity index (χ3n) is 6.66. The molecule has 2 aliphatic heterocycles. The van der Waals surface area contributed by atoms with Crippen molar-refractivity contribution < 1.29 is 14.3 Å². The molecule has 8 heteroatoms. The van der Waals surface area contributed by atoms with Gasteiger partial charge < -0.3 is 14.4 Å². The van der Waals surface area contributed by atoms with Gasteiger partial charge in [0.1, 0.15) is 5.82 Å². The number of ether oxygens (including phenoxy) is 2. The SMILES string of the molecule is Cc1ccc(-n2c(Cc3ccccc3)nnc2SCCCC(=O)N2CCC3(CC2)OCCO3)cc1. The van der Waals surface area contributed by atoms with E-state index in [4.69, 9.17) is 9.47 Å². The molecule has 1 aromatic heterocycles. The molecule has 1 spiro atoms. The van der Waals surface area contributed by atoms with Gasteiger partial charge in [0.15, 0.2) is 10.9 Å². The quantitative estimate of drug-likeness (QED) is 0.343. The highest BCUT2D eigenvalue weighted by Crippen LogP contribution is 2.31. The van der Waals surface area contributed by atoms with Crippen LogP contribution in [0.3, 0.4) is 0 Å². The predicted molar refractivity (Wildman–Crippen MR) is 136 cm³/mol. The maximum atomic E-state index is 12.7. The molecule has 0 bridgehead atoms. The Bertz CT molecular complexity index is 1120. The molecule has 2 aromatic carbocycles. The van der Waals surface area contributed by atoms with Crippen LogP contribution in [0, 0.1) is 6.92 Å². The Balaban J connectivity index is 1.19. The van der Waals surface area contributed by atoms with Gasteiger partial charge in [-0.1, -0.05) is 59.8 Å². The Kier molecular flexibility index (Phi) is 7.51. The number of carbonyl (C=O) groups is 1. The van der Waals surface area contributed by atoms with Crippen LogP contribution in [-0.4, -0.2) is 63.4 Å². The number of amides is 1. The lowest BCUT2D eigenvalue weighted by Gasteiger charge is -2.37. The molecule has 1 amide bonds. The average molecular weight is 493 g/mol. The topological polar surface area (TPSA) is 69.5 Å². The molecule has 0 radical (unpaired) electrons. The largest absolute Gasteiger partial charge is 0.347 e. The Labute approximate surface area is 210 Å². The number of rotatable bonds is 8. The highest BCUT2D eigenvalue weighted by atomic mass is 32.2. The fourth-order valence-electron chi connectivity index (χ4n) is 4.67. The molecule has 2 saturated heterocycles. The number of aromatic nitrogens is 3. The van der Waals surface area contributed by atoms with Crippen LogP contribution >= 0.6 is 11.8 Å². The molecular formula is C27H32N4O3S. The van der Waals surface area contributed by atoms with Crippen molar-refractivity contribution in [3.8, 4) is 5.69 Å². The Morgan fingerprint density at radius 3 is 2.43 bits per heavy atom. The Morgan fingerprint density at radius 1 is 1.00 bits per heavy atom. The number of thioether (sulfide) groups is 1. The summed E-state index contributed by atoms with van der Waals surface area (Å²) in [5.41, 5.74) is 3.48. The molecule has 0 saturated carbocycles. The van der Waals surface area contributed by atoms with E-state index in [9.17, 15) is 4.79 Å². The smallest absolute Gasteiger partial charge is 0.222 e. The van der Waals surface area contributed by atoms with Crippen molar-refractivity contribution in [2.45, 2.75) is 50.0 Å². The van der Waals surface area contributed by atoms with Crippen molar-refractivity contribution in [2.75, 3.05) is 32.1 Å². The summed E-state index contributed by atoms with van der Waals surface area (Å²) in [4.78, 5) is 14.7. The minimum absolute atomic E-state index is 0.211. The summed E-state index contributed by atoms with van der Waals surface area (Å²) in [6.45, 7) is 4.81. The molecule has 184 valence electrons. The maximum Gasteiger partial charge on any atom is 0.222 e. The summed E-state index contributed by atoms with van der Waals surface area (Å²) in [7, 11) is 0. The van der Waals surface area contributed by atoms with Gasteiger partial charge in [0.2, 0.25) is 5.91 Å². The standard InChI is InChI=1S/C27H32N4O3S/c1-21-9-11-23(12-10-21)31-24(20-22-6-3-2-4-7-22)28-29-26(31)35-19-5-8-25(32)30-15-13-27(14-16-30)33-17-18-34-27/h2-4,6-7,9-12H,5,8,13-20H2,1H3. The van der Waals surface area contributed by atoms with Gasteiger partial charge in [-0.25, -0.2) is 0 Å². The van der Waals surface area contributed by atoms with E-state index < -0.39 is 5.79 Å². The molecule has 0 aliphatic carbocycles.